The van der Waals surface area contributed by atoms with E-state index in [1.807, 2.05) is 0 Å². The zero-order chi connectivity index (χ0) is 13.9. The molecule has 1 unspecified atom stereocenters. The molecule has 0 spiro atoms. The molecule has 1 N–H and O–H groups in total. The largest absolute Gasteiger partial charge is 0.313 e. The predicted molar refractivity (Wildman–Crippen MR) is 84.1 cm³/mol. The van der Waals surface area contributed by atoms with Crippen LogP contribution in [0.3, 0.4) is 0 Å². The van der Waals surface area contributed by atoms with Crippen LogP contribution in [0.1, 0.15) is 56.3 Å². The van der Waals surface area contributed by atoms with Crippen molar-refractivity contribution < 1.29 is 0 Å². The summed E-state index contributed by atoms with van der Waals surface area (Å²) in [6, 6.07) is 5.04. The molecule has 1 rings (SSSR count). The van der Waals surface area contributed by atoms with Crippen LogP contribution in [0.5, 0.6) is 0 Å². The molecule has 0 heterocycles. The van der Waals surface area contributed by atoms with E-state index in [4.69, 9.17) is 0 Å². The van der Waals surface area contributed by atoms with Crippen LogP contribution in [-0.4, -0.2) is 7.05 Å². The lowest BCUT2D eigenvalue weighted by Gasteiger charge is -2.24. The van der Waals surface area contributed by atoms with Crippen molar-refractivity contribution in [1.29, 1.82) is 0 Å². The maximum absolute atomic E-state index is 3.63. The van der Waals surface area contributed by atoms with Crippen LogP contribution in [0, 0.1) is 19.3 Å². The third kappa shape index (κ3) is 4.40. The number of benzene rings is 1. The van der Waals surface area contributed by atoms with Crippen molar-refractivity contribution in [3.05, 3.63) is 33.3 Å². The van der Waals surface area contributed by atoms with Crippen molar-refractivity contribution in [3.8, 4) is 0 Å². The smallest absolute Gasteiger partial charge is 0.0317 e. The summed E-state index contributed by atoms with van der Waals surface area (Å²) in [7, 11) is 2.06. The molecule has 0 bridgehead atoms. The van der Waals surface area contributed by atoms with E-state index in [0.29, 0.717) is 11.5 Å². The van der Waals surface area contributed by atoms with E-state index in [0.717, 1.165) is 0 Å². The highest BCUT2D eigenvalue weighted by atomic mass is 79.9. The van der Waals surface area contributed by atoms with E-state index >= 15 is 0 Å². The first-order chi connectivity index (χ1) is 8.24. The number of halogens is 1. The summed E-state index contributed by atoms with van der Waals surface area (Å²) in [5.41, 5.74) is 4.44. The Kier molecular flexibility index (Phi) is 5.42. The summed E-state index contributed by atoms with van der Waals surface area (Å²) in [5, 5.41) is 3.45. The highest BCUT2D eigenvalue weighted by Gasteiger charge is 2.16. The van der Waals surface area contributed by atoms with E-state index < -0.39 is 0 Å². The number of nitrogens with one attached hydrogen (secondary N) is 1. The van der Waals surface area contributed by atoms with Gasteiger partial charge in [-0.1, -0.05) is 48.8 Å². The average Bonchev–Trinajstić information content (AvgIpc) is 2.25. The molecule has 1 nitrogen and oxygen atoms in total. The molecule has 1 atom stereocenters. The minimum Gasteiger partial charge on any atom is -0.313 e. The van der Waals surface area contributed by atoms with Crippen molar-refractivity contribution in [1.82, 2.24) is 5.32 Å². The molecule has 1 aromatic rings. The molecule has 0 radical (unpaired) electrons. The van der Waals surface area contributed by atoms with Gasteiger partial charge in [-0.15, -0.1) is 0 Å². The SMILES string of the molecule is CNC(CCC(C)(C)C)c1cc(C)c(Br)c(C)c1. The molecule has 0 saturated heterocycles. The molecule has 18 heavy (non-hydrogen) atoms. The van der Waals surface area contributed by atoms with Gasteiger partial charge >= 0.3 is 0 Å². The van der Waals surface area contributed by atoms with E-state index in [1.54, 1.807) is 0 Å². The fourth-order valence-electron chi connectivity index (χ4n) is 2.24. The second-order valence-electron chi connectivity index (χ2n) is 6.41. The van der Waals surface area contributed by atoms with E-state index in [2.05, 4.69) is 75.0 Å². The Labute approximate surface area is 120 Å². The van der Waals surface area contributed by atoms with Gasteiger partial charge in [0.1, 0.15) is 0 Å². The molecule has 0 aliphatic heterocycles. The summed E-state index contributed by atoms with van der Waals surface area (Å²) in [5.74, 6) is 0. The van der Waals surface area contributed by atoms with Crippen molar-refractivity contribution in [2.45, 2.75) is 53.5 Å². The van der Waals surface area contributed by atoms with Gasteiger partial charge in [0, 0.05) is 10.5 Å². The van der Waals surface area contributed by atoms with E-state index in [9.17, 15) is 0 Å². The third-order valence-electron chi connectivity index (χ3n) is 3.39. The lowest BCUT2D eigenvalue weighted by atomic mass is 9.87. The van der Waals surface area contributed by atoms with Crippen LogP contribution < -0.4 is 5.32 Å². The van der Waals surface area contributed by atoms with Crippen molar-refractivity contribution >= 4 is 15.9 Å². The van der Waals surface area contributed by atoms with Crippen LogP contribution in [-0.2, 0) is 0 Å². The summed E-state index contributed by atoms with van der Waals surface area (Å²) in [6.07, 6.45) is 2.41. The third-order valence-corrected chi connectivity index (χ3v) is 4.64. The van der Waals surface area contributed by atoms with Gasteiger partial charge in [-0.05, 0) is 55.8 Å². The first-order valence-electron chi connectivity index (χ1n) is 6.68. The van der Waals surface area contributed by atoms with Crippen molar-refractivity contribution in [3.63, 3.8) is 0 Å². The quantitative estimate of drug-likeness (QED) is 0.810. The highest BCUT2D eigenvalue weighted by Crippen LogP contribution is 2.30. The minimum absolute atomic E-state index is 0.397. The summed E-state index contributed by atoms with van der Waals surface area (Å²) >= 11 is 3.63. The molecule has 1 aromatic carbocycles. The van der Waals surface area contributed by atoms with Crippen molar-refractivity contribution in [2.24, 2.45) is 5.41 Å². The second kappa shape index (κ2) is 6.21. The van der Waals surface area contributed by atoms with Crippen LogP contribution in [0.15, 0.2) is 16.6 Å². The Bertz CT molecular complexity index is 381. The Hall–Kier alpha value is -0.340. The zero-order valence-electron chi connectivity index (χ0n) is 12.5. The molecule has 0 saturated carbocycles. The standard InChI is InChI=1S/C16H26BrN/c1-11-9-13(10-12(2)15(11)17)14(18-6)7-8-16(3,4)5/h9-10,14,18H,7-8H2,1-6H3. The lowest BCUT2D eigenvalue weighted by Crippen LogP contribution is -2.19. The minimum atomic E-state index is 0.397. The van der Waals surface area contributed by atoms with Crippen LogP contribution in [0.2, 0.25) is 0 Å². The Morgan fingerprint density at radius 3 is 2.06 bits per heavy atom. The molecular weight excluding hydrogens is 286 g/mol. The molecule has 2 heteroatoms. The van der Waals surface area contributed by atoms with Gasteiger partial charge in [-0.25, -0.2) is 0 Å². The summed E-state index contributed by atoms with van der Waals surface area (Å²) < 4.78 is 1.23. The predicted octanol–water partition coefficient (Wildman–Crippen LogP) is 5.15. The second-order valence-corrected chi connectivity index (χ2v) is 7.20. The highest BCUT2D eigenvalue weighted by molar-refractivity contribution is 9.10. The Balaban J connectivity index is 2.89. The van der Waals surface area contributed by atoms with Gasteiger partial charge in [0.15, 0.2) is 0 Å². The maximum Gasteiger partial charge on any atom is 0.0317 e. The summed E-state index contributed by atoms with van der Waals surface area (Å²) in [6.45, 7) is 11.2. The summed E-state index contributed by atoms with van der Waals surface area (Å²) in [4.78, 5) is 0. The Morgan fingerprint density at radius 2 is 1.67 bits per heavy atom. The molecular formula is C16H26BrN. The van der Waals surface area contributed by atoms with Crippen LogP contribution >= 0.6 is 15.9 Å². The van der Waals surface area contributed by atoms with Gasteiger partial charge < -0.3 is 5.32 Å². The first kappa shape index (κ1) is 15.7. The number of hydrogen-bond donors (Lipinski definition) is 1. The zero-order valence-corrected chi connectivity index (χ0v) is 14.1. The Morgan fingerprint density at radius 1 is 1.17 bits per heavy atom. The molecule has 0 aromatic heterocycles. The molecule has 102 valence electrons. The molecule has 0 aliphatic carbocycles. The van der Waals surface area contributed by atoms with Gasteiger partial charge in [-0.2, -0.15) is 0 Å². The van der Waals surface area contributed by atoms with E-state index in [-0.39, 0.29) is 0 Å². The topological polar surface area (TPSA) is 12.0 Å². The molecule has 0 fully saturated rings. The van der Waals surface area contributed by atoms with Crippen LogP contribution in [0.25, 0.3) is 0 Å². The number of hydrogen-bond acceptors (Lipinski definition) is 1. The fraction of sp³-hybridized carbons (Fsp3) is 0.625. The molecule has 0 amide bonds. The number of rotatable bonds is 4. The first-order valence-corrected chi connectivity index (χ1v) is 7.48. The fourth-order valence-corrected chi connectivity index (χ4v) is 2.46. The number of aryl methyl sites for hydroxylation is 2. The van der Waals surface area contributed by atoms with Gasteiger partial charge in [0.2, 0.25) is 0 Å². The monoisotopic (exact) mass is 311 g/mol. The lowest BCUT2D eigenvalue weighted by molar-refractivity contribution is 0.338. The van der Waals surface area contributed by atoms with Gasteiger partial charge in [-0.3, -0.25) is 0 Å². The van der Waals surface area contributed by atoms with Gasteiger partial charge in [0.05, 0.1) is 0 Å². The van der Waals surface area contributed by atoms with Crippen molar-refractivity contribution in [2.75, 3.05) is 7.05 Å². The maximum atomic E-state index is 3.63. The van der Waals surface area contributed by atoms with Crippen LogP contribution in [0.4, 0.5) is 0 Å². The molecule has 0 aliphatic rings. The van der Waals surface area contributed by atoms with Gasteiger partial charge in [0.25, 0.3) is 0 Å². The van der Waals surface area contributed by atoms with E-state index in [1.165, 1.54) is 34.0 Å². The normalized spacial score (nSPS) is 13.7. The average molecular weight is 312 g/mol.